The Hall–Kier alpha value is -0.790. The minimum absolute atomic E-state index is 0.0368. The Bertz CT molecular complexity index is 552. The summed E-state index contributed by atoms with van der Waals surface area (Å²) in [5, 5.41) is 0. The quantitative estimate of drug-likeness (QED) is 0.495. The molecule has 5 aliphatic carbocycles. The first kappa shape index (κ1) is 15.7. The molecule has 0 radical (unpaired) electrons. The Labute approximate surface area is 141 Å². The van der Waals surface area contributed by atoms with Gasteiger partial charge in [0.25, 0.3) is 0 Å². The van der Waals surface area contributed by atoms with Gasteiger partial charge in [-0.3, -0.25) is 4.79 Å². The van der Waals surface area contributed by atoms with Crippen molar-refractivity contribution in [1.29, 1.82) is 0 Å². The van der Waals surface area contributed by atoms with Gasteiger partial charge in [-0.25, -0.2) is 0 Å². The van der Waals surface area contributed by atoms with Gasteiger partial charge in [-0.05, 0) is 86.9 Å². The van der Waals surface area contributed by atoms with Gasteiger partial charge < -0.3 is 4.74 Å². The van der Waals surface area contributed by atoms with Crippen LogP contribution in [0.1, 0.15) is 71.6 Å². The third-order valence-corrected chi connectivity index (χ3v) is 8.76. The van der Waals surface area contributed by atoms with Crippen LogP contribution < -0.4 is 0 Å². The highest BCUT2D eigenvalue weighted by Gasteiger charge is 2.65. The smallest absolute Gasteiger partial charge is 0.311 e. The van der Waals surface area contributed by atoms with Crippen LogP contribution >= 0.6 is 0 Å². The van der Waals surface area contributed by atoms with Crippen LogP contribution in [0.2, 0.25) is 0 Å². The summed E-state index contributed by atoms with van der Waals surface area (Å²) >= 11 is 0. The highest BCUT2D eigenvalue weighted by atomic mass is 16.5. The number of allylic oxidation sites excluding steroid dienone is 1. The molecule has 5 rings (SSSR count). The molecule has 0 saturated heterocycles. The lowest BCUT2D eigenvalue weighted by Gasteiger charge is -2.67. The Morgan fingerprint density at radius 3 is 2.57 bits per heavy atom. The molecule has 2 heteroatoms. The lowest BCUT2D eigenvalue weighted by molar-refractivity contribution is -0.192. The van der Waals surface area contributed by atoms with Crippen LogP contribution in [-0.2, 0) is 9.53 Å². The highest BCUT2D eigenvalue weighted by molar-refractivity contribution is 5.77. The van der Waals surface area contributed by atoms with Crippen molar-refractivity contribution in [2.24, 2.45) is 34.0 Å². The number of hydrogen-bond donors (Lipinski definition) is 0. The molecule has 0 aromatic rings. The van der Waals surface area contributed by atoms with Crippen molar-refractivity contribution in [3.63, 3.8) is 0 Å². The highest BCUT2D eigenvalue weighted by Crippen LogP contribution is 2.72. The van der Waals surface area contributed by atoms with Gasteiger partial charge in [0.05, 0.1) is 12.5 Å². The summed E-state index contributed by atoms with van der Waals surface area (Å²) in [7, 11) is 1.57. The number of hydrogen-bond acceptors (Lipinski definition) is 2. The minimum atomic E-state index is -0.267. The van der Waals surface area contributed by atoms with Crippen molar-refractivity contribution in [3.05, 3.63) is 12.2 Å². The first-order valence-corrected chi connectivity index (χ1v) is 9.62. The minimum Gasteiger partial charge on any atom is -0.469 e. The zero-order valence-electron chi connectivity index (χ0n) is 15.1. The molecule has 0 aromatic carbocycles. The second-order valence-electron chi connectivity index (χ2n) is 9.58. The lowest BCUT2D eigenvalue weighted by atomic mass is 9.37. The molecule has 0 amide bonds. The summed E-state index contributed by atoms with van der Waals surface area (Å²) in [6.45, 7) is 9.12. The van der Waals surface area contributed by atoms with E-state index in [9.17, 15) is 4.79 Å². The van der Waals surface area contributed by atoms with Crippen molar-refractivity contribution in [2.45, 2.75) is 71.6 Å². The maximum atomic E-state index is 12.6. The van der Waals surface area contributed by atoms with Gasteiger partial charge in [0.15, 0.2) is 0 Å². The third-order valence-electron chi connectivity index (χ3n) is 8.76. The number of ether oxygens (including phenoxy) is 1. The summed E-state index contributed by atoms with van der Waals surface area (Å²) in [5.41, 5.74) is 2.09. The van der Waals surface area contributed by atoms with E-state index in [2.05, 4.69) is 20.4 Å². The van der Waals surface area contributed by atoms with Crippen LogP contribution in [0.25, 0.3) is 0 Å². The molecule has 0 heterocycles. The summed E-state index contributed by atoms with van der Waals surface area (Å²) < 4.78 is 5.25. The summed E-state index contributed by atoms with van der Waals surface area (Å²) in [6.07, 6.45) is 11.4. The Morgan fingerprint density at radius 2 is 1.87 bits per heavy atom. The van der Waals surface area contributed by atoms with E-state index in [1.54, 1.807) is 7.11 Å². The van der Waals surface area contributed by atoms with Crippen molar-refractivity contribution in [1.82, 2.24) is 0 Å². The molecule has 6 atom stereocenters. The molecule has 1 unspecified atom stereocenters. The largest absolute Gasteiger partial charge is 0.469 e. The molecule has 2 bridgehead atoms. The summed E-state index contributed by atoms with van der Waals surface area (Å²) in [5.74, 6) is 2.08. The molecule has 5 fully saturated rings. The molecule has 128 valence electrons. The molecule has 0 aliphatic heterocycles. The number of rotatable bonds is 1. The number of carbonyl (C=O) groups excluding carboxylic acids is 1. The normalized spacial score (nSPS) is 51.8. The van der Waals surface area contributed by atoms with E-state index in [0.717, 1.165) is 18.3 Å². The molecule has 2 nitrogen and oxygen atoms in total. The molecule has 0 N–H and O–H groups in total. The first-order valence-electron chi connectivity index (χ1n) is 9.62. The van der Waals surface area contributed by atoms with Crippen LogP contribution in [0, 0.1) is 34.0 Å². The number of carbonyl (C=O) groups is 1. The van der Waals surface area contributed by atoms with Crippen molar-refractivity contribution in [3.8, 4) is 0 Å². The summed E-state index contributed by atoms with van der Waals surface area (Å²) in [4.78, 5) is 12.6. The zero-order valence-corrected chi connectivity index (χ0v) is 15.1. The predicted molar refractivity (Wildman–Crippen MR) is 91.8 cm³/mol. The van der Waals surface area contributed by atoms with Gasteiger partial charge in [0, 0.05) is 0 Å². The van der Waals surface area contributed by atoms with Crippen LogP contribution in [0.5, 0.6) is 0 Å². The van der Waals surface area contributed by atoms with Crippen molar-refractivity contribution in [2.75, 3.05) is 7.11 Å². The number of esters is 1. The van der Waals surface area contributed by atoms with Gasteiger partial charge in [-0.2, -0.15) is 0 Å². The second-order valence-corrected chi connectivity index (χ2v) is 9.58. The third kappa shape index (κ3) is 1.90. The second kappa shape index (κ2) is 4.86. The Morgan fingerprint density at radius 1 is 1.13 bits per heavy atom. The van der Waals surface area contributed by atoms with Gasteiger partial charge in [0.1, 0.15) is 0 Å². The van der Waals surface area contributed by atoms with E-state index in [1.165, 1.54) is 56.9 Å². The van der Waals surface area contributed by atoms with E-state index in [-0.39, 0.29) is 11.4 Å². The molecule has 23 heavy (non-hydrogen) atoms. The Kier molecular flexibility index (Phi) is 3.32. The van der Waals surface area contributed by atoms with Crippen LogP contribution in [0.4, 0.5) is 0 Å². The average Bonchev–Trinajstić information content (AvgIpc) is 2.53. The van der Waals surface area contributed by atoms with Gasteiger partial charge in [0.2, 0.25) is 0 Å². The monoisotopic (exact) mass is 316 g/mol. The SMILES string of the molecule is C=C1C[C@]23CC[C@H]1C[C@H]2[C@]1(C)CCCC(C)(C(=O)OC)[C@H]1CC3. The summed E-state index contributed by atoms with van der Waals surface area (Å²) in [6, 6.07) is 0. The van der Waals surface area contributed by atoms with Gasteiger partial charge in [-0.1, -0.05) is 25.5 Å². The maximum Gasteiger partial charge on any atom is 0.311 e. The fourth-order valence-corrected chi connectivity index (χ4v) is 7.71. The van der Waals surface area contributed by atoms with Crippen molar-refractivity contribution < 1.29 is 9.53 Å². The van der Waals surface area contributed by atoms with Crippen molar-refractivity contribution >= 4 is 5.97 Å². The van der Waals surface area contributed by atoms with E-state index < -0.39 is 0 Å². The van der Waals surface area contributed by atoms with E-state index >= 15 is 0 Å². The molecular formula is C21H32O2. The molecule has 1 spiro atoms. The average molecular weight is 316 g/mol. The first-order chi connectivity index (χ1) is 10.9. The molecule has 5 saturated carbocycles. The standard InChI is InChI=1S/C21H32O2/c1-14-13-21-10-6-15(14)12-17(21)19(2)8-5-9-20(3,18(22)23-4)16(19)7-11-21/h15-17H,1,5-13H2,2-4H3/t15-,16-,17-,19+,20?,21+/m0/s1. The zero-order chi connectivity index (χ0) is 16.5. The molecule has 0 aromatic heterocycles. The number of fused-ring (bicyclic) bond motifs is 3. The fraction of sp³-hybridized carbons (Fsp3) is 0.857. The topological polar surface area (TPSA) is 26.3 Å². The Balaban J connectivity index is 1.73. The predicted octanol–water partition coefficient (Wildman–Crippen LogP) is 5.13. The lowest BCUT2D eigenvalue weighted by Crippen LogP contribution is -2.61. The fourth-order valence-electron chi connectivity index (χ4n) is 7.71. The molecular weight excluding hydrogens is 284 g/mol. The van der Waals surface area contributed by atoms with Gasteiger partial charge >= 0.3 is 5.97 Å². The van der Waals surface area contributed by atoms with Crippen LogP contribution in [0.15, 0.2) is 12.2 Å². The van der Waals surface area contributed by atoms with E-state index in [4.69, 9.17) is 4.74 Å². The number of methoxy groups -OCH3 is 1. The van der Waals surface area contributed by atoms with Gasteiger partial charge in [-0.15, -0.1) is 0 Å². The van der Waals surface area contributed by atoms with E-state index in [1.807, 2.05) is 0 Å². The molecule has 5 aliphatic rings. The van der Waals surface area contributed by atoms with Crippen LogP contribution in [0.3, 0.4) is 0 Å². The maximum absolute atomic E-state index is 12.6. The van der Waals surface area contributed by atoms with E-state index in [0.29, 0.717) is 16.7 Å². The van der Waals surface area contributed by atoms with Crippen LogP contribution in [-0.4, -0.2) is 13.1 Å².